The Hall–Kier alpha value is -1.80. The lowest BCUT2D eigenvalue weighted by Gasteiger charge is -2.24. The first-order valence-corrected chi connectivity index (χ1v) is 22.0. The van der Waals surface area contributed by atoms with Crippen LogP contribution in [0.25, 0.3) is 0 Å². The van der Waals surface area contributed by atoms with E-state index in [-0.39, 0.29) is 25.8 Å². The number of carbonyl (C=O) groups excluding carboxylic acids is 1. The summed E-state index contributed by atoms with van der Waals surface area (Å²) in [5.41, 5.74) is 0. The summed E-state index contributed by atoms with van der Waals surface area (Å²) in [6, 6.07) is 0. The number of ether oxygens (including phenoxy) is 2. The minimum absolute atomic E-state index is 0.0796. The SMILES string of the molecule is CC/C=C\C/C=C\C/C=C\C/C=C\CCCCCCC(=O)OC(COCCCCCCCC/C=C\CCCCC)COP(=O)(O)OCC[N+](C)(C)C. The number of phosphoric acid groups is 1. The monoisotopic (exact) mass is 753 g/mol. The van der Waals surface area contributed by atoms with Crippen molar-refractivity contribution in [1.82, 2.24) is 0 Å². The Kier molecular flexibility index (Phi) is 34.9. The summed E-state index contributed by atoms with van der Waals surface area (Å²) >= 11 is 0. The Balaban J connectivity index is 4.34. The molecule has 0 aliphatic carbocycles. The first kappa shape index (κ1) is 50.2. The van der Waals surface area contributed by atoms with E-state index in [4.69, 9.17) is 18.5 Å². The highest BCUT2D eigenvalue weighted by atomic mass is 31.2. The number of esters is 1. The molecule has 0 saturated heterocycles. The third-order valence-electron chi connectivity index (χ3n) is 8.31. The molecule has 0 amide bonds. The molecule has 0 aromatic rings. The van der Waals surface area contributed by atoms with Crippen LogP contribution < -0.4 is 0 Å². The van der Waals surface area contributed by atoms with Crippen molar-refractivity contribution in [3.05, 3.63) is 60.8 Å². The zero-order chi connectivity index (χ0) is 38.4. The molecule has 1 N–H and O–H groups in total. The van der Waals surface area contributed by atoms with Crippen molar-refractivity contribution in [3.63, 3.8) is 0 Å². The van der Waals surface area contributed by atoms with Crippen molar-refractivity contribution in [2.75, 3.05) is 54.1 Å². The van der Waals surface area contributed by atoms with E-state index in [1.54, 1.807) is 0 Å². The molecule has 8 nitrogen and oxygen atoms in total. The highest BCUT2D eigenvalue weighted by molar-refractivity contribution is 7.47. The van der Waals surface area contributed by atoms with Crippen LogP contribution in [0.5, 0.6) is 0 Å². The largest absolute Gasteiger partial charge is 0.472 e. The smallest absolute Gasteiger partial charge is 0.457 e. The predicted octanol–water partition coefficient (Wildman–Crippen LogP) is 11.8. The molecule has 2 unspecified atom stereocenters. The van der Waals surface area contributed by atoms with Crippen molar-refractivity contribution in [1.29, 1.82) is 0 Å². The van der Waals surface area contributed by atoms with Gasteiger partial charge in [0.1, 0.15) is 19.3 Å². The summed E-state index contributed by atoms with van der Waals surface area (Å²) in [6.45, 7) is 5.42. The maximum absolute atomic E-state index is 12.7. The molecule has 0 saturated carbocycles. The molecule has 52 heavy (non-hydrogen) atoms. The second-order valence-corrected chi connectivity index (χ2v) is 16.1. The quantitative estimate of drug-likeness (QED) is 0.0222. The maximum atomic E-state index is 12.7. The fraction of sp³-hybridized carbons (Fsp3) is 0.744. The average molecular weight is 753 g/mol. The van der Waals surface area contributed by atoms with Crippen molar-refractivity contribution >= 4 is 13.8 Å². The standard InChI is InChI=1S/C43H78NO7P/c1-6-8-10-12-14-16-18-20-21-22-23-24-26-28-30-32-34-36-43(45)51-42(41-50-52(46,47)49-39-37-44(3,4)5)40-48-38-35-33-31-29-27-25-19-17-15-13-11-9-7-2/h8,10,14-17,20-21,23-24,42H,6-7,9,11-13,18-19,22,25-41H2,1-5H3/p+1/b10-8-,16-14-,17-15-,21-20-,24-23-. The molecule has 0 aromatic heterocycles. The van der Waals surface area contributed by atoms with Crippen molar-refractivity contribution in [3.8, 4) is 0 Å². The van der Waals surface area contributed by atoms with Gasteiger partial charge < -0.3 is 18.9 Å². The second-order valence-electron chi connectivity index (χ2n) is 14.6. The van der Waals surface area contributed by atoms with E-state index in [0.717, 1.165) is 70.6 Å². The number of likely N-dealkylation sites (N-methyl/N-ethyl adjacent to an activating group) is 1. The summed E-state index contributed by atoms with van der Waals surface area (Å²) in [6.07, 6.45) is 43.9. The molecule has 0 spiro atoms. The average Bonchev–Trinajstić information content (AvgIpc) is 3.09. The summed E-state index contributed by atoms with van der Waals surface area (Å²) in [5.74, 6) is -0.342. The number of allylic oxidation sites excluding steroid dienone is 10. The van der Waals surface area contributed by atoms with Crippen LogP contribution in [0.4, 0.5) is 0 Å². The maximum Gasteiger partial charge on any atom is 0.472 e. The zero-order valence-electron chi connectivity index (χ0n) is 34.0. The fourth-order valence-corrected chi connectivity index (χ4v) is 5.87. The number of carbonyl (C=O) groups is 1. The molecule has 0 bridgehead atoms. The van der Waals surface area contributed by atoms with Gasteiger partial charge in [-0.1, -0.05) is 126 Å². The molecule has 0 aromatic carbocycles. The summed E-state index contributed by atoms with van der Waals surface area (Å²) in [4.78, 5) is 22.8. The zero-order valence-corrected chi connectivity index (χ0v) is 34.9. The van der Waals surface area contributed by atoms with Crippen LogP contribution in [0, 0.1) is 0 Å². The third kappa shape index (κ3) is 39.4. The molecule has 0 heterocycles. The molecule has 0 rings (SSSR count). The number of quaternary nitrogens is 1. The van der Waals surface area contributed by atoms with Gasteiger partial charge in [-0.25, -0.2) is 4.57 Å². The molecular weight excluding hydrogens is 673 g/mol. The van der Waals surface area contributed by atoms with Crippen LogP contribution >= 0.6 is 7.82 Å². The van der Waals surface area contributed by atoms with E-state index in [2.05, 4.69) is 74.6 Å². The molecule has 9 heteroatoms. The second kappa shape index (κ2) is 36.2. The lowest BCUT2D eigenvalue weighted by atomic mass is 10.1. The first-order valence-electron chi connectivity index (χ1n) is 20.5. The topological polar surface area (TPSA) is 91.3 Å². The van der Waals surface area contributed by atoms with Crippen LogP contribution in [-0.4, -0.2) is 75.6 Å². The van der Waals surface area contributed by atoms with Crippen molar-refractivity contribution < 1.29 is 37.3 Å². The fourth-order valence-electron chi connectivity index (χ4n) is 5.12. The van der Waals surface area contributed by atoms with Gasteiger partial charge in [0.2, 0.25) is 0 Å². The van der Waals surface area contributed by atoms with Crippen LogP contribution in [0.1, 0.15) is 149 Å². The van der Waals surface area contributed by atoms with Crippen LogP contribution in [0.2, 0.25) is 0 Å². The Bertz CT molecular complexity index is 1020. The third-order valence-corrected chi connectivity index (χ3v) is 9.30. The van der Waals surface area contributed by atoms with Gasteiger partial charge in [0, 0.05) is 13.0 Å². The lowest BCUT2D eigenvalue weighted by molar-refractivity contribution is -0.870. The van der Waals surface area contributed by atoms with Crippen LogP contribution in [0.3, 0.4) is 0 Å². The summed E-state index contributed by atoms with van der Waals surface area (Å²) in [7, 11) is 1.64. The molecule has 0 radical (unpaired) electrons. The minimum Gasteiger partial charge on any atom is -0.457 e. The molecule has 0 aliphatic rings. The summed E-state index contributed by atoms with van der Waals surface area (Å²) < 4.78 is 34.9. The Morgan fingerprint density at radius 3 is 1.69 bits per heavy atom. The number of hydrogen-bond acceptors (Lipinski definition) is 6. The lowest BCUT2D eigenvalue weighted by Crippen LogP contribution is -2.37. The van der Waals surface area contributed by atoms with E-state index in [1.807, 2.05) is 21.1 Å². The Morgan fingerprint density at radius 1 is 0.615 bits per heavy atom. The number of unbranched alkanes of at least 4 members (excludes halogenated alkanes) is 13. The molecule has 0 aliphatic heterocycles. The van der Waals surface area contributed by atoms with Crippen molar-refractivity contribution in [2.45, 2.75) is 155 Å². The van der Waals surface area contributed by atoms with Gasteiger partial charge in [-0.15, -0.1) is 0 Å². The van der Waals surface area contributed by atoms with Gasteiger partial charge in [0.05, 0.1) is 34.4 Å². The number of nitrogens with zero attached hydrogens (tertiary/aromatic N) is 1. The number of phosphoric ester groups is 1. The van der Waals surface area contributed by atoms with Gasteiger partial charge in [0.15, 0.2) is 0 Å². The molecular formula is C43H79NO7P+. The van der Waals surface area contributed by atoms with Crippen LogP contribution in [-0.2, 0) is 27.9 Å². The van der Waals surface area contributed by atoms with Crippen LogP contribution in [0.15, 0.2) is 60.8 Å². The van der Waals surface area contributed by atoms with Gasteiger partial charge in [-0.05, 0) is 77.0 Å². The normalized spacial score (nSPS) is 14.5. The van der Waals surface area contributed by atoms with E-state index < -0.39 is 13.9 Å². The summed E-state index contributed by atoms with van der Waals surface area (Å²) in [5, 5.41) is 0. The van der Waals surface area contributed by atoms with Gasteiger partial charge in [0.25, 0.3) is 0 Å². The van der Waals surface area contributed by atoms with Crippen molar-refractivity contribution in [2.24, 2.45) is 0 Å². The highest BCUT2D eigenvalue weighted by Crippen LogP contribution is 2.43. The van der Waals surface area contributed by atoms with E-state index in [0.29, 0.717) is 24.1 Å². The van der Waals surface area contributed by atoms with E-state index >= 15 is 0 Å². The van der Waals surface area contributed by atoms with E-state index in [9.17, 15) is 14.3 Å². The molecule has 0 fully saturated rings. The Morgan fingerprint density at radius 2 is 1.12 bits per heavy atom. The first-order chi connectivity index (χ1) is 25.1. The van der Waals surface area contributed by atoms with Gasteiger partial charge in [-0.3, -0.25) is 13.8 Å². The molecule has 2 atom stereocenters. The number of rotatable bonds is 37. The van der Waals surface area contributed by atoms with Gasteiger partial charge >= 0.3 is 13.8 Å². The Labute approximate surface area is 320 Å². The minimum atomic E-state index is -4.28. The van der Waals surface area contributed by atoms with E-state index in [1.165, 1.54) is 57.8 Å². The molecule has 302 valence electrons. The van der Waals surface area contributed by atoms with Gasteiger partial charge in [-0.2, -0.15) is 0 Å². The number of hydrogen-bond donors (Lipinski definition) is 1. The highest BCUT2D eigenvalue weighted by Gasteiger charge is 2.26. The predicted molar refractivity (Wildman–Crippen MR) is 219 cm³/mol.